The van der Waals surface area contributed by atoms with Gasteiger partial charge in [0.2, 0.25) is 0 Å². The van der Waals surface area contributed by atoms with E-state index in [1.807, 2.05) is 6.92 Å². The van der Waals surface area contributed by atoms with Gasteiger partial charge < -0.3 is 25.2 Å². The average molecular weight is 246 g/mol. The normalized spacial score (nSPS) is 23.9. The summed E-state index contributed by atoms with van der Waals surface area (Å²) in [5.74, 6) is -1.37. The second-order valence-corrected chi connectivity index (χ2v) is 4.36. The molecule has 7 heteroatoms. The van der Waals surface area contributed by atoms with Crippen molar-refractivity contribution in [2.45, 2.75) is 25.5 Å². The lowest BCUT2D eigenvalue weighted by molar-refractivity contribution is -0.155. The number of hydrogen-bond acceptors (Lipinski definition) is 4. The third-order valence-corrected chi connectivity index (χ3v) is 2.67. The summed E-state index contributed by atoms with van der Waals surface area (Å²) in [6.07, 6.45) is 0. The average Bonchev–Trinajstić information content (AvgIpc) is 2.26. The minimum atomic E-state index is -1.95. The standard InChI is InChI=1S/C10H18N2O5/c1-7-5-17-4-3-12(7)9(15)11-6-10(2,16)8(13)14/h7,16H,3-6H2,1-2H3,(H,11,15)(H,13,14). The van der Waals surface area contributed by atoms with Gasteiger partial charge in [-0.15, -0.1) is 0 Å². The number of carbonyl (C=O) groups is 2. The number of amides is 2. The van der Waals surface area contributed by atoms with Crippen LogP contribution in [0, 0.1) is 0 Å². The maximum absolute atomic E-state index is 11.7. The fourth-order valence-electron chi connectivity index (χ4n) is 1.45. The van der Waals surface area contributed by atoms with Crippen LogP contribution in [0.5, 0.6) is 0 Å². The summed E-state index contributed by atoms with van der Waals surface area (Å²) < 4.78 is 5.18. The minimum absolute atomic E-state index is 0.0569. The van der Waals surface area contributed by atoms with Gasteiger partial charge in [-0.1, -0.05) is 0 Å². The Morgan fingerprint density at radius 2 is 2.24 bits per heavy atom. The highest BCUT2D eigenvalue weighted by Crippen LogP contribution is 2.07. The van der Waals surface area contributed by atoms with Gasteiger partial charge in [0.05, 0.1) is 25.8 Å². The molecular weight excluding hydrogens is 228 g/mol. The molecule has 17 heavy (non-hydrogen) atoms. The van der Waals surface area contributed by atoms with E-state index in [0.29, 0.717) is 19.8 Å². The first-order chi connectivity index (χ1) is 7.84. The number of carbonyl (C=O) groups excluding carboxylic acids is 1. The van der Waals surface area contributed by atoms with Gasteiger partial charge in [-0.2, -0.15) is 0 Å². The molecule has 2 unspecified atom stereocenters. The monoisotopic (exact) mass is 246 g/mol. The SMILES string of the molecule is CC1COCCN1C(=O)NCC(C)(O)C(=O)O. The Labute approximate surface area is 99.4 Å². The molecule has 1 heterocycles. The van der Waals surface area contributed by atoms with Crippen molar-refractivity contribution >= 4 is 12.0 Å². The Kier molecular flexibility index (Phi) is 4.30. The third-order valence-electron chi connectivity index (χ3n) is 2.67. The molecule has 1 saturated heterocycles. The lowest BCUT2D eigenvalue weighted by atomic mass is 10.1. The van der Waals surface area contributed by atoms with Gasteiger partial charge in [-0.05, 0) is 13.8 Å². The highest BCUT2D eigenvalue weighted by Gasteiger charge is 2.32. The van der Waals surface area contributed by atoms with Gasteiger partial charge in [-0.25, -0.2) is 9.59 Å². The molecule has 1 fully saturated rings. The quantitative estimate of drug-likeness (QED) is 0.608. The first-order valence-electron chi connectivity index (χ1n) is 5.42. The number of nitrogens with zero attached hydrogens (tertiary/aromatic N) is 1. The van der Waals surface area contributed by atoms with E-state index in [1.54, 1.807) is 4.90 Å². The van der Waals surface area contributed by atoms with Crippen molar-refractivity contribution in [3.8, 4) is 0 Å². The van der Waals surface area contributed by atoms with Gasteiger partial charge in [0.1, 0.15) is 0 Å². The van der Waals surface area contributed by atoms with Crippen LogP contribution >= 0.6 is 0 Å². The molecular formula is C10H18N2O5. The van der Waals surface area contributed by atoms with Gasteiger partial charge >= 0.3 is 12.0 Å². The van der Waals surface area contributed by atoms with Crippen molar-refractivity contribution in [3.63, 3.8) is 0 Å². The molecule has 0 aromatic carbocycles. The summed E-state index contributed by atoms with van der Waals surface area (Å²) in [5, 5.41) is 20.5. The van der Waals surface area contributed by atoms with Crippen molar-refractivity contribution < 1.29 is 24.5 Å². The molecule has 7 nitrogen and oxygen atoms in total. The lowest BCUT2D eigenvalue weighted by Crippen LogP contribution is -2.55. The van der Waals surface area contributed by atoms with E-state index in [4.69, 9.17) is 9.84 Å². The molecule has 1 aliphatic heterocycles. The Morgan fingerprint density at radius 1 is 1.59 bits per heavy atom. The summed E-state index contributed by atoms with van der Waals surface area (Å²) in [6.45, 7) is 4.04. The number of aliphatic hydroxyl groups is 1. The van der Waals surface area contributed by atoms with Crippen molar-refractivity contribution in [2.75, 3.05) is 26.3 Å². The van der Waals surface area contributed by atoms with Crippen LogP contribution in [0.15, 0.2) is 0 Å². The first-order valence-corrected chi connectivity index (χ1v) is 5.42. The number of rotatable bonds is 3. The second kappa shape index (κ2) is 5.33. The molecule has 0 aliphatic carbocycles. The fourth-order valence-corrected chi connectivity index (χ4v) is 1.45. The zero-order chi connectivity index (χ0) is 13.1. The number of hydrogen-bond donors (Lipinski definition) is 3. The molecule has 2 atom stereocenters. The van der Waals surface area contributed by atoms with Gasteiger partial charge in [0, 0.05) is 6.54 Å². The Bertz CT molecular complexity index is 305. The van der Waals surface area contributed by atoms with Crippen LogP contribution in [-0.2, 0) is 9.53 Å². The zero-order valence-electron chi connectivity index (χ0n) is 9.97. The van der Waals surface area contributed by atoms with Crippen molar-refractivity contribution in [1.29, 1.82) is 0 Å². The van der Waals surface area contributed by atoms with Gasteiger partial charge in [0.15, 0.2) is 5.60 Å². The molecule has 0 bridgehead atoms. The van der Waals surface area contributed by atoms with Gasteiger partial charge in [-0.3, -0.25) is 0 Å². The van der Waals surface area contributed by atoms with Crippen LogP contribution in [0.4, 0.5) is 4.79 Å². The van der Waals surface area contributed by atoms with Crippen LogP contribution in [-0.4, -0.2) is 65.1 Å². The molecule has 98 valence electrons. The predicted octanol–water partition coefficient (Wildman–Crippen LogP) is -0.748. The van der Waals surface area contributed by atoms with Crippen molar-refractivity contribution in [3.05, 3.63) is 0 Å². The van der Waals surface area contributed by atoms with E-state index >= 15 is 0 Å². The predicted molar refractivity (Wildman–Crippen MR) is 58.6 cm³/mol. The molecule has 0 spiro atoms. The summed E-state index contributed by atoms with van der Waals surface area (Å²) in [6, 6.07) is -0.444. The number of urea groups is 1. The maximum Gasteiger partial charge on any atom is 0.337 e. The van der Waals surface area contributed by atoms with Crippen LogP contribution in [0.3, 0.4) is 0 Å². The van der Waals surface area contributed by atoms with Crippen molar-refractivity contribution in [1.82, 2.24) is 10.2 Å². The third kappa shape index (κ3) is 3.57. The highest BCUT2D eigenvalue weighted by atomic mass is 16.5. The first kappa shape index (κ1) is 13.7. The Balaban J connectivity index is 2.46. The van der Waals surface area contributed by atoms with E-state index in [2.05, 4.69) is 5.32 Å². The largest absolute Gasteiger partial charge is 0.479 e. The molecule has 0 saturated carbocycles. The second-order valence-electron chi connectivity index (χ2n) is 4.36. The van der Waals surface area contributed by atoms with E-state index in [0.717, 1.165) is 6.92 Å². The van der Waals surface area contributed by atoms with E-state index in [9.17, 15) is 14.7 Å². The van der Waals surface area contributed by atoms with Crippen LogP contribution in [0.2, 0.25) is 0 Å². The van der Waals surface area contributed by atoms with Crippen molar-refractivity contribution in [2.24, 2.45) is 0 Å². The molecule has 2 amide bonds. The highest BCUT2D eigenvalue weighted by molar-refractivity contribution is 5.79. The summed E-state index contributed by atoms with van der Waals surface area (Å²) in [7, 11) is 0. The van der Waals surface area contributed by atoms with Crippen LogP contribution in [0.25, 0.3) is 0 Å². The molecule has 0 aromatic heterocycles. The fraction of sp³-hybridized carbons (Fsp3) is 0.800. The van der Waals surface area contributed by atoms with Crippen LogP contribution in [0.1, 0.15) is 13.8 Å². The van der Waals surface area contributed by atoms with Crippen LogP contribution < -0.4 is 5.32 Å². The molecule has 0 radical (unpaired) electrons. The number of nitrogens with one attached hydrogen (secondary N) is 1. The number of carboxylic acid groups (broad SMARTS) is 1. The minimum Gasteiger partial charge on any atom is -0.479 e. The number of carboxylic acids is 1. The number of ether oxygens (including phenoxy) is 1. The van der Waals surface area contributed by atoms with E-state index in [-0.39, 0.29) is 18.6 Å². The molecule has 0 aromatic rings. The number of morpholine rings is 1. The summed E-state index contributed by atoms with van der Waals surface area (Å²) in [5.41, 5.74) is -1.95. The topological polar surface area (TPSA) is 99.1 Å². The van der Waals surface area contributed by atoms with Gasteiger partial charge in [0.25, 0.3) is 0 Å². The molecule has 1 aliphatic rings. The number of aliphatic carboxylic acids is 1. The maximum atomic E-state index is 11.7. The summed E-state index contributed by atoms with van der Waals surface area (Å²) >= 11 is 0. The Hall–Kier alpha value is -1.34. The summed E-state index contributed by atoms with van der Waals surface area (Å²) in [4.78, 5) is 23.9. The molecule has 3 N–H and O–H groups in total. The zero-order valence-corrected chi connectivity index (χ0v) is 9.97. The Morgan fingerprint density at radius 3 is 2.76 bits per heavy atom. The van der Waals surface area contributed by atoms with E-state index < -0.39 is 11.6 Å². The lowest BCUT2D eigenvalue weighted by Gasteiger charge is -2.33. The molecule has 1 rings (SSSR count). The van der Waals surface area contributed by atoms with E-state index in [1.165, 1.54) is 0 Å². The smallest absolute Gasteiger partial charge is 0.337 e.